The molecule has 1 amide bonds. The summed E-state index contributed by atoms with van der Waals surface area (Å²) < 4.78 is 16.5. The number of ether oxygens (including phenoxy) is 2. The van der Waals surface area contributed by atoms with Crippen LogP contribution < -0.4 is 19.7 Å². The van der Waals surface area contributed by atoms with E-state index in [4.69, 9.17) is 13.9 Å². The van der Waals surface area contributed by atoms with Gasteiger partial charge in [-0.25, -0.2) is 0 Å². The monoisotopic (exact) mass is 383 g/mol. The number of amides is 1. The number of furan rings is 1. The number of benzene rings is 2. The lowest BCUT2D eigenvalue weighted by Crippen LogP contribution is -3.08. The van der Waals surface area contributed by atoms with Crippen LogP contribution >= 0.6 is 0 Å². The van der Waals surface area contributed by atoms with Crippen molar-refractivity contribution in [2.45, 2.75) is 19.5 Å². The summed E-state index contributed by atoms with van der Waals surface area (Å²) in [6, 6.07) is 15.3. The molecule has 2 atom stereocenters. The minimum Gasteiger partial charge on any atom is -0.497 e. The number of fused-ring (bicyclic) bond motifs is 1. The van der Waals surface area contributed by atoms with E-state index in [1.165, 1.54) is 0 Å². The number of rotatable bonds is 8. The fourth-order valence-corrected chi connectivity index (χ4v) is 3.24. The first kappa shape index (κ1) is 19.8. The van der Waals surface area contributed by atoms with Crippen LogP contribution in [0.3, 0.4) is 0 Å². The van der Waals surface area contributed by atoms with Crippen molar-refractivity contribution in [3.8, 4) is 11.5 Å². The Bertz CT molecular complexity index is 918. The predicted octanol–water partition coefficient (Wildman–Crippen LogP) is 2.34. The molecule has 0 radical (unpaired) electrons. The molecular weight excluding hydrogens is 356 g/mol. The third kappa shape index (κ3) is 4.64. The summed E-state index contributed by atoms with van der Waals surface area (Å²) >= 11 is 0. The topological polar surface area (TPSA) is 65.1 Å². The lowest BCUT2D eigenvalue weighted by Gasteiger charge is -2.17. The molecule has 0 aliphatic heterocycles. The Morgan fingerprint density at radius 3 is 2.64 bits per heavy atom. The smallest absolute Gasteiger partial charge is 0.275 e. The largest absolute Gasteiger partial charge is 0.497 e. The first-order valence-corrected chi connectivity index (χ1v) is 9.30. The zero-order valence-corrected chi connectivity index (χ0v) is 16.7. The van der Waals surface area contributed by atoms with Crippen molar-refractivity contribution in [1.29, 1.82) is 0 Å². The lowest BCUT2D eigenvalue weighted by molar-refractivity contribution is -0.885. The standard InChI is InChI=1S/C22H26N2O4/c1-15(20-11-16-7-5-6-8-19(16)28-20)23-22(25)14-24(2)13-17-9-10-18(26-3)12-21(17)27-4/h5-12,15H,13-14H2,1-4H3,(H,23,25)/p+1/t15-/m0/s1. The van der Waals surface area contributed by atoms with Crippen molar-refractivity contribution >= 4 is 16.9 Å². The van der Waals surface area contributed by atoms with Crippen molar-refractivity contribution in [2.24, 2.45) is 0 Å². The Labute approximate surface area is 165 Å². The molecule has 0 fully saturated rings. The fourth-order valence-electron chi connectivity index (χ4n) is 3.24. The minimum absolute atomic E-state index is 0.0297. The van der Waals surface area contributed by atoms with E-state index < -0.39 is 0 Å². The van der Waals surface area contributed by atoms with Gasteiger partial charge in [-0.05, 0) is 31.2 Å². The zero-order valence-electron chi connectivity index (χ0n) is 16.7. The van der Waals surface area contributed by atoms with Gasteiger partial charge in [-0.2, -0.15) is 0 Å². The van der Waals surface area contributed by atoms with E-state index in [0.717, 1.165) is 38.7 Å². The van der Waals surface area contributed by atoms with Gasteiger partial charge in [-0.3, -0.25) is 4.79 Å². The van der Waals surface area contributed by atoms with Gasteiger partial charge >= 0.3 is 0 Å². The van der Waals surface area contributed by atoms with Crippen LogP contribution in [0.2, 0.25) is 0 Å². The number of methoxy groups -OCH3 is 2. The highest BCUT2D eigenvalue weighted by molar-refractivity contribution is 5.79. The molecule has 0 aliphatic carbocycles. The van der Waals surface area contributed by atoms with E-state index in [-0.39, 0.29) is 11.9 Å². The van der Waals surface area contributed by atoms with Crippen LogP contribution in [0.15, 0.2) is 52.9 Å². The normalized spacial score (nSPS) is 13.1. The maximum absolute atomic E-state index is 12.5. The van der Waals surface area contributed by atoms with E-state index in [1.807, 2.05) is 62.5 Å². The Hall–Kier alpha value is -2.99. The first-order chi connectivity index (χ1) is 13.5. The van der Waals surface area contributed by atoms with Crippen LogP contribution in [-0.4, -0.2) is 33.7 Å². The molecule has 0 saturated carbocycles. The van der Waals surface area contributed by atoms with E-state index in [2.05, 4.69) is 5.32 Å². The summed E-state index contributed by atoms with van der Waals surface area (Å²) in [7, 11) is 5.24. The molecule has 2 N–H and O–H groups in total. The summed E-state index contributed by atoms with van der Waals surface area (Å²) in [5.74, 6) is 2.23. The third-order valence-corrected chi connectivity index (χ3v) is 4.70. The second-order valence-corrected chi connectivity index (χ2v) is 6.96. The van der Waals surface area contributed by atoms with Crippen LogP contribution in [0.5, 0.6) is 11.5 Å². The van der Waals surface area contributed by atoms with Crippen molar-refractivity contribution in [3.63, 3.8) is 0 Å². The third-order valence-electron chi connectivity index (χ3n) is 4.70. The molecule has 0 aliphatic rings. The summed E-state index contributed by atoms with van der Waals surface area (Å²) in [5, 5.41) is 4.05. The Kier molecular flexibility index (Phi) is 6.21. The van der Waals surface area contributed by atoms with Crippen molar-refractivity contribution in [3.05, 3.63) is 59.9 Å². The quantitative estimate of drug-likeness (QED) is 0.627. The van der Waals surface area contributed by atoms with Crippen LogP contribution in [0, 0.1) is 0 Å². The molecule has 6 nitrogen and oxygen atoms in total. The Morgan fingerprint density at radius 2 is 1.93 bits per heavy atom. The van der Waals surface area contributed by atoms with Gasteiger partial charge in [0.15, 0.2) is 6.54 Å². The van der Waals surface area contributed by atoms with Gasteiger partial charge in [0, 0.05) is 17.0 Å². The van der Waals surface area contributed by atoms with E-state index >= 15 is 0 Å². The number of carbonyl (C=O) groups is 1. The molecule has 1 unspecified atom stereocenters. The molecule has 0 bridgehead atoms. The zero-order chi connectivity index (χ0) is 20.1. The summed E-state index contributed by atoms with van der Waals surface area (Å²) in [5.41, 5.74) is 1.85. The number of carbonyl (C=O) groups excluding carboxylic acids is 1. The lowest BCUT2D eigenvalue weighted by atomic mass is 10.1. The first-order valence-electron chi connectivity index (χ1n) is 9.30. The van der Waals surface area contributed by atoms with Crippen molar-refractivity contribution in [2.75, 3.05) is 27.8 Å². The highest BCUT2D eigenvalue weighted by atomic mass is 16.5. The van der Waals surface area contributed by atoms with Gasteiger partial charge in [0.1, 0.15) is 29.4 Å². The van der Waals surface area contributed by atoms with Crippen LogP contribution in [0.25, 0.3) is 11.0 Å². The Morgan fingerprint density at radius 1 is 1.14 bits per heavy atom. The number of quaternary nitrogens is 1. The average Bonchev–Trinajstić information content (AvgIpc) is 3.12. The average molecular weight is 383 g/mol. The molecule has 2 aromatic carbocycles. The molecule has 3 aromatic rings. The Balaban J connectivity index is 1.58. The highest BCUT2D eigenvalue weighted by Gasteiger charge is 2.18. The van der Waals surface area contributed by atoms with Gasteiger partial charge in [-0.15, -0.1) is 0 Å². The maximum atomic E-state index is 12.5. The molecule has 3 rings (SSSR count). The van der Waals surface area contributed by atoms with Crippen molar-refractivity contribution in [1.82, 2.24) is 5.32 Å². The van der Waals surface area contributed by atoms with Crippen LogP contribution in [0.4, 0.5) is 0 Å². The number of hydrogen-bond acceptors (Lipinski definition) is 4. The van der Waals surface area contributed by atoms with Crippen LogP contribution in [-0.2, 0) is 11.3 Å². The number of para-hydroxylation sites is 1. The molecule has 148 valence electrons. The summed E-state index contributed by atoms with van der Waals surface area (Å²) in [4.78, 5) is 13.5. The number of hydrogen-bond donors (Lipinski definition) is 2. The van der Waals surface area contributed by atoms with E-state index in [9.17, 15) is 4.79 Å². The van der Waals surface area contributed by atoms with Gasteiger partial charge in [-0.1, -0.05) is 18.2 Å². The van der Waals surface area contributed by atoms with Gasteiger partial charge in [0.25, 0.3) is 5.91 Å². The number of likely N-dealkylation sites (N-methyl/N-ethyl adjacent to an activating group) is 1. The summed E-state index contributed by atoms with van der Waals surface area (Å²) in [6.45, 7) is 2.94. The van der Waals surface area contributed by atoms with Gasteiger partial charge in [0.05, 0.1) is 27.3 Å². The van der Waals surface area contributed by atoms with Crippen molar-refractivity contribution < 1.29 is 23.6 Å². The molecule has 1 heterocycles. The SMILES string of the molecule is COc1ccc(C[NH+](C)CC(=O)N[C@@H](C)c2cc3ccccc3o2)c(OC)c1. The van der Waals surface area contributed by atoms with Gasteiger partial charge in [0.2, 0.25) is 0 Å². The fraction of sp³-hybridized carbons (Fsp3) is 0.318. The van der Waals surface area contributed by atoms with E-state index in [1.54, 1.807) is 14.2 Å². The molecule has 28 heavy (non-hydrogen) atoms. The van der Waals surface area contributed by atoms with Crippen LogP contribution in [0.1, 0.15) is 24.3 Å². The van der Waals surface area contributed by atoms with Gasteiger partial charge < -0.3 is 24.1 Å². The number of nitrogens with one attached hydrogen (secondary N) is 2. The van der Waals surface area contributed by atoms with E-state index in [0.29, 0.717) is 13.1 Å². The second kappa shape index (κ2) is 8.80. The molecule has 0 spiro atoms. The second-order valence-electron chi connectivity index (χ2n) is 6.96. The highest BCUT2D eigenvalue weighted by Crippen LogP contribution is 2.24. The minimum atomic E-state index is -0.191. The maximum Gasteiger partial charge on any atom is 0.275 e. The summed E-state index contributed by atoms with van der Waals surface area (Å²) in [6.07, 6.45) is 0. The molecular formula is C22H27N2O4+. The molecule has 6 heteroatoms. The molecule has 1 aromatic heterocycles. The molecule has 0 saturated heterocycles. The predicted molar refractivity (Wildman–Crippen MR) is 108 cm³/mol.